The van der Waals surface area contributed by atoms with Crippen LogP contribution in [0.5, 0.6) is 0 Å². The maximum atomic E-state index is 12.7. The van der Waals surface area contributed by atoms with Crippen LogP contribution in [0, 0.1) is 0 Å². The third-order valence-electron chi connectivity index (χ3n) is 6.15. The van der Waals surface area contributed by atoms with Gasteiger partial charge in [0, 0.05) is 19.0 Å². The third-order valence-corrected chi connectivity index (χ3v) is 7.08. The highest BCUT2D eigenvalue weighted by molar-refractivity contribution is 7.89. The van der Waals surface area contributed by atoms with Crippen molar-refractivity contribution in [2.75, 3.05) is 13.6 Å². The molecule has 0 radical (unpaired) electrons. The van der Waals surface area contributed by atoms with Gasteiger partial charge in [-0.25, -0.2) is 18.4 Å². The highest BCUT2D eigenvalue weighted by Gasteiger charge is 2.52. The number of nitrogens with zero attached hydrogens (tertiary/aromatic N) is 2. The second kappa shape index (κ2) is 8.93. The van der Waals surface area contributed by atoms with E-state index in [4.69, 9.17) is 5.14 Å². The van der Waals surface area contributed by atoms with E-state index in [0.29, 0.717) is 19.4 Å². The molecular weight excluding hydrogens is 422 g/mol. The maximum Gasteiger partial charge on any atom is 0.344 e. The van der Waals surface area contributed by atoms with Gasteiger partial charge >= 0.3 is 6.03 Å². The molecule has 3 rings (SSSR count). The predicted octanol–water partition coefficient (Wildman–Crippen LogP) is 1.00. The molecule has 1 aliphatic carbocycles. The quantitative estimate of drug-likeness (QED) is 0.528. The fraction of sp³-hybridized carbons (Fsp3) is 0.550. The zero-order valence-electron chi connectivity index (χ0n) is 17.8. The predicted molar refractivity (Wildman–Crippen MR) is 113 cm³/mol. The topological polar surface area (TPSA) is 142 Å². The Morgan fingerprint density at radius 1 is 1.23 bits per heavy atom. The molecule has 1 aliphatic heterocycles. The summed E-state index contributed by atoms with van der Waals surface area (Å²) in [5.74, 6) is -0.817. The number of hydrogen-bond donors (Lipinski definition) is 3. The van der Waals surface area contributed by atoms with Crippen molar-refractivity contribution in [2.45, 2.75) is 61.9 Å². The summed E-state index contributed by atoms with van der Waals surface area (Å²) in [5, 5.41) is 8.68. The number of sulfonamides is 1. The number of urea groups is 1. The summed E-state index contributed by atoms with van der Waals surface area (Å²) in [7, 11) is -1.92. The average molecular weight is 452 g/mol. The molecular formula is C20H29N5O5S. The van der Waals surface area contributed by atoms with Crippen LogP contribution in [0.4, 0.5) is 4.79 Å². The van der Waals surface area contributed by atoms with Gasteiger partial charge in [-0.2, -0.15) is 5.01 Å². The number of carbonyl (C=O) groups excluding carboxylic acids is 3. The summed E-state index contributed by atoms with van der Waals surface area (Å²) in [6.07, 6.45) is 4.04. The van der Waals surface area contributed by atoms with E-state index >= 15 is 0 Å². The molecule has 1 saturated heterocycles. The molecule has 1 atom stereocenters. The molecule has 0 aromatic heterocycles. The molecule has 0 bridgehead atoms. The number of hydrogen-bond acceptors (Lipinski definition) is 6. The number of benzene rings is 1. The Balaban J connectivity index is 1.53. The molecule has 170 valence electrons. The monoisotopic (exact) mass is 451 g/mol. The Labute approximate surface area is 182 Å². The second-order valence-corrected chi connectivity index (χ2v) is 9.83. The maximum absolute atomic E-state index is 12.7. The van der Waals surface area contributed by atoms with E-state index in [1.807, 2.05) is 18.9 Å². The van der Waals surface area contributed by atoms with E-state index in [1.54, 1.807) is 12.1 Å². The molecule has 1 unspecified atom stereocenters. The van der Waals surface area contributed by atoms with Crippen molar-refractivity contribution >= 4 is 27.9 Å². The molecule has 4 amide bonds. The highest BCUT2D eigenvalue weighted by atomic mass is 32.2. The Hall–Kier alpha value is -2.50. The first kappa shape index (κ1) is 23.2. The minimum atomic E-state index is -3.75. The number of hydrazine groups is 1. The van der Waals surface area contributed by atoms with Crippen LogP contribution in [0.15, 0.2) is 29.2 Å². The number of primary sulfonamides is 1. The summed E-state index contributed by atoms with van der Waals surface area (Å²) >= 11 is 0. The molecule has 2 fully saturated rings. The molecule has 1 spiro atoms. The molecule has 4 N–H and O–H groups in total. The van der Waals surface area contributed by atoms with Crippen molar-refractivity contribution in [1.29, 1.82) is 0 Å². The zero-order valence-corrected chi connectivity index (χ0v) is 18.6. The number of nitrogens with two attached hydrogens (primary N) is 1. The summed E-state index contributed by atoms with van der Waals surface area (Å²) in [5.41, 5.74) is 2.42. The molecule has 11 heteroatoms. The SMILES string of the molecule is CC(c1ccc(S(N)(=O)=O)cc1)N(C)CCC(=O)NN1C(=O)NC2(CCCCC2)C1=O. The van der Waals surface area contributed by atoms with E-state index in [2.05, 4.69) is 10.7 Å². The highest BCUT2D eigenvalue weighted by Crippen LogP contribution is 2.33. The van der Waals surface area contributed by atoms with Gasteiger partial charge in [0.1, 0.15) is 5.54 Å². The first-order valence-corrected chi connectivity index (χ1v) is 11.9. The van der Waals surface area contributed by atoms with Crippen molar-refractivity contribution in [3.8, 4) is 0 Å². The Morgan fingerprint density at radius 2 is 1.84 bits per heavy atom. The molecule has 1 saturated carbocycles. The van der Waals surface area contributed by atoms with E-state index in [9.17, 15) is 22.8 Å². The molecule has 31 heavy (non-hydrogen) atoms. The number of nitrogens with one attached hydrogen (secondary N) is 2. The Morgan fingerprint density at radius 3 is 2.42 bits per heavy atom. The van der Waals surface area contributed by atoms with Crippen molar-refractivity contribution in [2.24, 2.45) is 5.14 Å². The number of carbonyl (C=O) groups is 3. The van der Waals surface area contributed by atoms with Crippen LogP contribution in [0.2, 0.25) is 0 Å². The van der Waals surface area contributed by atoms with Gasteiger partial charge in [-0.1, -0.05) is 31.4 Å². The fourth-order valence-corrected chi connectivity index (χ4v) is 4.57. The summed E-state index contributed by atoms with van der Waals surface area (Å²) in [6.45, 7) is 2.30. The van der Waals surface area contributed by atoms with Gasteiger partial charge < -0.3 is 5.32 Å². The van der Waals surface area contributed by atoms with Crippen LogP contribution in [-0.2, 0) is 19.6 Å². The van der Waals surface area contributed by atoms with Crippen LogP contribution in [0.1, 0.15) is 57.1 Å². The van der Waals surface area contributed by atoms with Crippen molar-refractivity contribution in [1.82, 2.24) is 20.7 Å². The standard InChI is InChI=1S/C20H29N5O5S/c1-14(15-6-8-16(9-7-15)31(21,29)30)24(2)13-10-17(26)23-25-18(27)20(22-19(25)28)11-4-3-5-12-20/h6-9,14H,3-5,10-13H2,1-2H3,(H,22,28)(H,23,26)(H2,21,29,30). The summed E-state index contributed by atoms with van der Waals surface area (Å²) in [6, 6.07) is 5.57. The number of imide groups is 1. The minimum Gasteiger partial charge on any atom is -0.322 e. The Kier molecular flexibility index (Phi) is 6.68. The second-order valence-electron chi connectivity index (χ2n) is 8.27. The van der Waals surface area contributed by atoms with Gasteiger partial charge in [0.05, 0.1) is 4.90 Å². The molecule has 10 nitrogen and oxygen atoms in total. The van der Waals surface area contributed by atoms with E-state index < -0.39 is 27.5 Å². The lowest BCUT2D eigenvalue weighted by Gasteiger charge is -2.30. The van der Waals surface area contributed by atoms with Gasteiger partial charge in [0.2, 0.25) is 15.9 Å². The molecule has 1 aromatic rings. The smallest absolute Gasteiger partial charge is 0.322 e. The third kappa shape index (κ3) is 5.05. The molecule has 1 aromatic carbocycles. The average Bonchev–Trinajstić information content (AvgIpc) is 2.95. The summed E-state index contributed by atoms with van der Waals surface area (Å²) in [4.78, 5) is 39.3. The van der Waals surface area contributed by atoms with E-state index in [0.717, 1.165) is 29.8 Å². The lowest BCUT2D eigenvalue weighted by molar-refractivity contribution is -0.140. The van der Waals surface area contributed by atoms with Gasteiger partial charge in [0.25, 0.3) is 5.91 Å². The largest absolute Gasteiger partial charge is 0.344 e. The zero-order chi connectivity index (χ0) is 22.8. The van der Waals surface area contributed by atoms with E-state index in [1.165, 1.54) is 12.1 Å². The van der Waals surface area contributed by atoms with Crippen LogP contribution < -0.4 is 15.9 Å². The van der Waals surface area contributed by atoms with Crippen molar-refractivity contribution in [3.05, 3.63) is 29.8 Å². The van der Waals surface area contributed by atoms with Crippen LogP contribution in [0.3, 0.4) is 0 Å². The van der Waals surface area contributed by atoms with E-state index in [-0.39, 0.29) is 23.3 Å². The van der Waals surface area contributed by atoms with Gasteiger partial charge in [-0.05, 0) is 44.5 Å². The van der Waals surface area contributed by atoms with Gasteiger partial charge in [-0.3, -0.25) is 19.9 Å². The summed E-state index contributed by atoms with van der Waals surface area (Å²) < 4.78 is 22.8. The van der Waals surface area contributed by atoms with Gasteiger partial charge in [0.15, 0.2) is 0 Å². The molecule has 1 heterocycles. The van der Waals surface area contributed by atoms with Crippen molar-refractivity contribution < 1.29 is 22.8 Å². The van der Waals surface area contributed by atoms with Crippen LogP contribution in [-0.4, -0.2) is 55.3 Å². The minimum absolute atomic E-state index is 0.0368. The van der Waals surface area contributed by atoms with Crippen molar-refractivity contribution in [3.63, 3.8) is 0 Å². The number of rotatable bonds is 7. The first-order chi connectivity index (χ1) is 14.5. The molecule has 2 aliphatic rings. The van der Waals surface area contributed by atoms with Gasteiger partial charge in [-0.15, -0.1) is 0 Å². The number of amides is 4. The lowest BCUT2D eigenvalue weighted by atomic mass is 9.82. The van der Waals surface area contributed by atoms with Crippen LogP contribution in [0.25, 0.3) is 0 Å². The normalized spacial score (nSPS) is 19.5. The van der Waals surface area contributed by atoms with Crippen LogP contribution >= 0.6 is 0 Å². The lowest BCUT2D eigenvalue weighted by Crippen LogP contribution is -2.51. The Bertz CT molecular complexity index is 957. The fourth-order valence-electron chi connectivity index (χ4n) is 4.06. The first-order valence-electron chi connectivity index (χ1n) is 10.3.